The number of nitrogens with one attached hydrogen (secondary N) is 1. The van der Waals surface area contributed by atoms with Gasteiger partial charge in [-0.2, -0.15) is 0 Å². The molecule has 1 aromatic carbocycles. The molecule has 1 aromatic rings. The number of fused-ring (bicyclic) bond motifs is 2. The van der Waals surface area contributed by atoms with Gasteiger partial charge < -0.3 is 19.1 Å². The number of benzene rings is 1. The molecule has 0 fully saturated rings. The summed E-state index contributed by atoms with van der Waals surface area (Å²) in [6.07, 6.45) is 9.93. The Morgan fingerprint density at radius 2 is 2.17 bits per heavy atom. The number of hydrogen-bond donors (Lipinski definition) is 1. The molecule has 2 aliphatic heterocycles. The van der Waals surface area contributed by atoms with Gasteiger partial charge in [-0.3, -0.25) is 4.79 Å². The molecule has 5 heteroatoms. The molecule has 0 spiro atoms. The number of quaternary nitrogens is 1. The number of ketones is 1. The van der Waals surface area contributed by atoms with Crippen molar-refractivity contribution in [1.82, 2.24) is 0 Å². The van der Waals surface area contributed by atoms with E-state index in [1.807, 2.05) is 6.08 Å². The topological polar surface area (TPSA) is 49.2 Å². The third-order valence-corrected chi connectivity index (χ3v) is 7.15. The van der Waals surface area contributed by atoms with Gasteiger partial charge in [0.05, 0.1) is 32.7 Å². The fourth-order valence-corrected chi connectivity index (χ4v) is 5.35. The Morgan fingerprint density at radius 3 is 2.90 bits per heavy atom. The van der Waals surface area contributed by atoms with Crippen molar-refractivity contribution in [3.05, 3.63) is 41.0 Å². The number of hydrogen-bond acceptors (Lipinski definition) is 4. The summed E-state index contributed by atoms with van der Waals surface area (Å²) in [6.45, 7) is 7.98. The Kier molecular flexibility index (Phi) is 5.67. The van der Waals surface area contributed by atoms with Crippen molar-refractivity contribution >= 4 is 5.78 Å². The van der Waals surface area contributed by atoms with Crippen LogP contribution >= 0.6 is 0 Å². The van der Waals surface area contributed by atoms with Gasteiger partial charge in [-0.1, -0.05) is 31.6 Å². The highest BCUT2D eigenvalue weighted by atomic mass is 16.7. The summed E-state index contributed by atoms with van der Waals surface area (Å²) in [4.78, 5) is 14.4. The lowest BCUT2D eigenvalue weighted by atomic mass is 9.68. The molecular formula is C25H34NO4+. The Morgan fingerprint density at radius 1 is 1.37 bits per heavy atom. The minimum absolute atomic E-state index is 0.0476. The Bertz CT molecular complexity index is 899. The first-order valence-electron chi connectivity index (χ1n) is 11.0. The van der Waals surface area contributed by atoms with Gasteiger partial charge in [0, 0.05) is 12.3 Å². The average molecular weight is 413 g/mol. The molecule has 1 aliphatic carbocycles. The second-order valence-electron chi connectivity index (χ2n) is 9.60. The van der Waals surface area contributed by atoms with E-state index in [9.17, 15) is 4.79 Å². The fourth-order valence-electron chi connectivity index (χ4n) is 5.35. The zero-order valence-electron chi connectivity index (χ0n) is 18.8. The van der Waals surface area contributed by atoms with E-state index in [-0.39, 0.29) is 24.0 Å². The number of likely N-dealkylation sites (N-methyl/N-ethyl adjacent to an activating group) is 1. The molecule has 30 heavy (non-hydrogen) atoms. The van der Waals surface area contributed by atoms with Crippen LogP contribution in [-0.4, -0.2) is 33.3 Å². The second-order valence-corrected chi connectivity index (χ2v) is 9.60. The molecule has 3 aliphatic rings. The first-order chi connectivity index (χ1) is 14.3. The van der Waals surface area contributed by atoms with Crippen LogP contribution in [-0.2, 0) is 11.2 Å². The van der Waals surface area contributed by atoms with E-state index >= 15 is 0 Å². The first kappa shape index (κ1) is 21.0. The number of carbonyl (C=O) groups excluding carboxylic acids is 1. The average Bonchev–Trinajstić information content (AvgIpc) is 3.16. The summed E-state index contributed by atoms with van der Waals surface area (Å²) < 4.78 is 17.0. The van der Waals surface area contributed by atoms with Crippen molar-refractivity contribution in [2.45, 2.75) is 52.5 Å². The van der Waals surface area contributed by atoms with Gasteiger partial charge >= 0.3 is 0 Å². The Balaban J connectivity index is 1.59. The van der Waals surface area contributed by atoms with Crippen LogP contribution in [0.25, 0.3) is 0 Å². The maximum Gasteiger partial charge on any atom is 0.231 e. The maximum absolute atomic E-state index is 13.0. The van der Waals surface area contributed by atoms with Gasteiger partial charge in [0.1, 0.15) is 6.04 Å². The van der Waals surface area contributed by atoms with E-state index in [2.05, 4.69) is 46.0 Å². The van der Waals surface area contributed by atoms with Gasteiger partial charge in [-0.25, -0.2) is 0 Å². The molecule has 0 saturated carbocycles. The third kappa shape index (κ3) is 3.76. The lowest BCUT2D eigenvalue weighted by Crippen LogP contribution is -3.10. The molecule has 0 radical (unpaired) electrons. The fraction of sp³-hybridized carbons (Fsp3) is 0.560. The highest BCUT2D eigenvalue weighted by Crippen LogP contribution is 2.48. The summed E-state index contributed by atoms with van der Waals surface area (Å²) in [5.41, 5.74) is 3.86. The van der Waals surface area contributed by atoms with Crippen LogP contribution in [0.4, 0.5) is 0 Å². The number of ether oxygens (including phenoxy) is 3. The quantitative estimate of drug-likeness (QED) is 0.595. The van der Waals surface area contributed by atoms with Gasteiger partial charge in [0.15, 0.2) is 17.3 Å². The van der Waals surface area contributed by atoms with E-state index in [1.54, 1.807) is 7.11 Å². The molecule has 1 unspecified atom stereocenters. The minimum Gasteiger partial charge on any atom is -0.492 e. The van der Waals surface area contributed by atoms with Crippen LogP contribution in [0.3, 0.4) is 0 Å². The van der Waals surface area contributed by atoms with E-state index in [1.165, 1.54) is 16.0 Å². The zero-order valence-corrected chi connectivity index (χ0v) is 18.8. The van der Waals surface area contributed by atoms with E-state index < -0.39 is 0 Å². The Labute approximate surface area is 179 Å². The molecule has 0 aromatic heterocycles. The summed E-state index contributed by atoms with van der Waals surface area (Å²) in [5.74, 6) is 2.64. The van der Waals surface area contributed by atoms with Gasteiger partial charge in [-0.05, 0) is 42.9 Å². The van der Waals surface area contributed by atoms with Crippen molar-refractivity contribution in [3.8, 4) is 17.2 Å². The van der Waals surface area contributed by atoms with E-state index in [0.29, 0.717) is 18.1 Å². The highest BCUT2D eigenvalue weighted by molar-refractivity contribution is 5.90. The molecule has 0 saturated heterocycles. The van der Waals surface area contributed by atoms with Crippen LogP contribution < -0.4 is 19.1 Å². The third-order valence-electron chi connectivity index (χ3n) is 7.15. The van der Waals surface area contributed by atoms with Crippen LogP contribution in [0.15, 0.2) is 29.9 Å². The minimum atomic E-state index is 0.0476. The molecule has 2 heterocycles. The molecule has 0 bridgehead atoms. The van der Waals surface area contributed by atoms with Crippen molar-refractivity contribution in [1.29, 1.82) is 0 Å². The molecular weight excluding hydrogens is 378 g/mol. The number of allylic oxidation sites excluding steroid dienone is 4. The van der Waals surface area contributed by atoms with Crippen molar-refractivity contribution in [2.24, 2.45) is 11.3 Å². The molecule has 162 valence electrons. The van der Waals surface area contributed by atoms with Crippen molar-refractivity contribution in [3.63, 3.8) is 0 Å². The standard InChI is InChI=1S/C25H33NO4/c1-16-7-6-11-25(2,3)19(16)9-8-18(27)14-20-22-17(10-12-26(20)4)13-21-23(24(22)28-5)30-15-29-21/h7-9,13,19-20H,6,10-12,14-15H2,1-5H3/p+1/b9-8+/t19-,20+/m1/s1. The number of rotatable bonds is 5. The molecule has 3 atom stereocenters. The smallest absolute Gasteiger partial charge is 0.231 e. The highest BCUT2D eigenvalue weighted by Gasteiger charge is 2.37. The van der Waals surface area contributed by atoms with E-state index in [4.69, 9.17) is 14.2 Å². The zero-order chi connectivity index (χ0) is 21.5. The lowest BCUT2D eigenvalue weighted by molar-refractivity contribution is -0.914. The maximum atomic E-state index is 13.0. The summed E-state index contributed by atoms with van der Waals surface area (Å²) >= 11 is 0. The van der Waals surface area contributed by atoms with Gasteiger partial charge in [-0.15, -0.1) is 0 Å². The van der Waals surface area contributed by atoms with Crippen molar-refractivity contribution in [2.75, 3.05) is 27.5 Å². The molecule has 5 nitrogen and oxygen atoms in total. The van der Waals surface area contributed by atoms with Crippen molar-refractivity contribution < 1.29 is 23.9 Å². The van der Waals surface area contributed by atoms with Crippen LogP contribution in [0, 0.1) is 11.3 Å². The number of methoxy groups -OCH3 is 1. The normalized spacial score (nSPS) is 27.0. The van der Waals surface area contributed by atoms with Crippen LogP contribution in [0.1, 0.15) is 57.2 Å². The van der Waals surface area contributed by atoms with Crippen LogP contribution in [0.2, 0.25) is 0 Å². The predicted octanol–water partition coefficient (Wildman–Crippen LogP) is 3.43. The Hall–Kier alpha value is -2.27. The monoisotopic (exact) mass is 412 g/mol. The number of carbonyl (C=O) groups is 1. The summed E-state index contributed by atoms with van der Waals surface area (Å²) in [7, 11) is 3.83. The van der Waals surface area contributed by atoms with Gasteiger partial charge in [0.25, 0.3) is 0 Å². The van der Waals surface area contributed by atoms with Gasteiger partial charge in [0.2, 0.25) is 12.5 Å². The summed E-state index contributed by atoms with van der Waals surface area (Å²) in [5, 5.41) is 0. The SMILES string of the molecule is COc1c2c(cc3c1[C@H](CC(=O)/C=C/[C@@H]1C(C)=CCCC1(C)C)[NH+](C)CC3)OCO2. The molecule has 0 amide bonds. The molecule has 4 rings (SSSR count). The summed E-state index contributed by atoms with van der Waals surface area (Å²) in [6, 6.07) is 2.12. The first-order valence-corrected chi connectivity index (χ1v) is 11.0. The second kappa shape index (κ2) is 8.10. The largest absolute Gasteiger partial charge is 0.492 e. The molecule has 1 N–H and O–H groups in total. The predicted molar refractivity (Wildman–Crippen MR) is 116 cm³/mol. The van der Waals surface area contributed by atoms with Crippen LogP contribution in [0.5, 0.6) is 17.2 Å². The lowest BCUT2D eigenvalue weighted by Gasteiger charge is -2.36. The van der Waals surface area contributed by atoms with E-state index in [0.717, 1.165) is 42.9 Å².